The maximum absolute atomic E-state index is 9.62. The lowest BCUT2D eigenvalue weighted by molar-refractivity contribution is -0.108. The third-order valence-corrected chi connectivity index (χ3v) is 0.568. The molecule has 0 amide bonds. The highest BCUT2D eigenvalue weighted by Crippen LogP contribution is 1.92. The second-order valence-electron chi connectivity index (χ2n) is 1.80. The molecule has 4 heteroatoms. The van der Waals surface area contributed by atoms with Crippen LogP contribution >= 0.6 is 0 Å². The molecule has 0 unspecified atom stereocenters. The number of rotatable bonds is 2. The summed E-state index contributed by atoms with van der Waals surface area (Å²) in [5, 5.41) is 0. The summed E-state index contributed by atoms with van der Waals surface area (Å²) >= 11 is 0. The fraction of sp³-hybridized carbons (Fsp3) is 0.800. The molecule has 0 radical (unpaired) electrons. The van der Waals surface area contributed by atoms with Gasteiger partial charge in [0.15, 0.2) is 0 Å². The van der Waals surface area contributed by atoms with Crippen molar-refractivity contribution in [2.75, 3.05) is 0 Å². The van der Waals surface area contributed by atoms with Gasteiger partial charge in [-0.25, -0.2) is 0 Å². The molecule has 0 heterocycles. The quantitative estimate of drug-likeness (QED) is 0.585. The fourth-order valence-electron chi connectivity index (χ4n) is 0.192. The molecule has 60 valence electrons. The standard InChI is InChI=1S/C5H10O.2H3N.S/c1-5(2)3-4-6;;;/h4-5H,3H2,1-2H3;2*1H3;/q;;;-2/p+2. The van der Waals surface area contributed by atoms with Crippen LogP contribution in [-0.2, 0) is 18.3 Å². The summed E-state index contributed by atoms with van der Waals surface area (Å²) in [6.07, 6.45) is 1.64. The van der Waals surface area contributed by atoms with Crippen LogP contribution in [0.5, 0.6) is 0 Å². The van der Waals surface area contributed by atoms with Crippen LogP contribution in [0, 0.1) is 5.92 Å². The van der Waals surface area contributed by atoms with E-state index >= 15 is 0 Å². The average molecular weight is 154 g/mol. The van der Waals surface area contributed by atoms with Crippen LogP contribution in [-0.4, -0.2) is 6.29 Å². The molecule has 0 atom stereocenters. The van der Waals surface area contributed by atoms with Crippen LogP contribution in [0.25, 0.3) is 0 Å². The first kappa shape index (κ1) is 23.1. The van der Waals surface area contributed by atoms with Crippen molar-refractivity contribution in [2.24, 2.45) is 5.92 Å². The highest BCUT2D eigenvalue weighted by atomic mass is 32.1. The van der Waals surface area contributed by atoms with E-state index in [0.717, 1.165) is 6.29 Å². The largest absolute Gasteiger partial charge is 2.00 e. The molecule has 0 aliphatic heterocycles. The molecule has 0 fully saturated rings. The van der Waals surface area contributed by atoms with Gasteiger partial charge in [-0.05, 0) is 5.92 Å². The molecule has 3 nitrogen and oxygen atoms in total. The topological polar surface area (TPSA) is 90.1 Å². The SMILES string of the molecule is CC(C)CC=O.[NH4+].[NH4+].[S-2]. The first-order chi connectivity index (χ1) is 2.77. The predicted molar refractivity (Wildman–Crippen MR) is 44.9 cm³/mol. The van der Waals surface area contributed by atoms with Gasteiger partial charge in [-0.15, -0.1) is 0 Å². The second-order valence-corrected chi connectivity index (χ2v) is 1.80. The molecular weight excluding hydrogens is 136 g/mol. The molecule has 0 aliphatic rings. The van der Waals surface area contributed by atoms with Gasteiger partial charge >= 0.3 is 0 Å². The zero-order valence-electron chi connectivity index (χ0n) is 6.68. The zero-order valence-corrected chi connectivity index (χ0v) is 7.49. The number of quaternary nitrogens is 2. The van der Waals surface area contributed by atoms with Crippen molar-refractivity contribution in [1.82, 2.24) is 12.3 Å². The molecule has 0 aromatic heterocycles. The minimum absolute atomic E-state index is 0. The van der Waals surface area contributed by atoms with E-state index in [4.69, 9.17) is 0 Å². The maximum Gasteiger partial charge on any atom is 0.120 e. The van der Waals surface area contributed by atoms with Crippen LogP contribution < -0.4 is 12.3 Å². The molecule has 0 aromatic rings. The Bertz CT molecular complexity index is 50.2. The highest BCUT2D eigenvalue weighted by molar-refractivity contribution is 7.37. The number of aldehydes is 1. The lowest BCUT2D eigenvalue weighted by Gasteiger charge is -2.00. The maximum atomic E-state index is 9.62. The summed E-state index contributed by atoms with van der Waals surface area (Å²) in [5.41, 5.74) is 0. The predicted octanol–water partition coefficient (Wildman–Crippen LogP) is 1.98. The minimum Gasteiger partial charge on any atom is -2.00 e. The Morgan fingerprint density at radius 3 is 1.67 bits per heavy atom. The summed E-state index contributed by atoms with van der Waals surface area (Å²) in [6.45, 7) is 4.04. The molecule has 0 rings (SSSR count). The van der Waals surface area contributed by atoms with E-state index in [9.17, 15) is 4.79 Å². The lowest BCUT2D eigenvalue weighted by Crippen LogP contribution is -1.84. The van der Waals surface area contributed by atoms with E-state index in [1.807, 2.05) is 13.8 Å². The van der Waals surface area contributed by atoms with Crippen LogP contribution in [0.2, 0.25) is 0 Å². The van der Waals surface area contributed by atoms with Crippen LogP contribution in [0.15, 0.2) is 0 Å². The van der Waals surface area contributed by atoms with Gasteiger partial charge in [0.05, 0.1) is 0 Å². The third kappa shape index (κ3) is 32.4. The fourth-order valence-corrected chi connectivity index (χ4v) is 0.192. The first-order valence-electron chi connectivity index (χ1n) is 2.21. The Hall–Kier alpha value is -0.0600. The number of hydrogen-bond donors (Lipinski definition) is 2. The van der Waals surface area contributed by atoms with Crippen molar-refractivity contribution in [3.05, 3.63) is 0 Å². The van der Waals surface area contributed by atoms with Gasteiger partial charge in [0.25, 0.3) is 0 Å². The lowest BCUT2D eigenvalue weighted by atomic mass is 10.2. The van der Waals surface area contributed by atoms with Gasteiger partial charge in [-0.3, -0.25) is 0 Å². The molecule has 0 saturated heterocycles. The number of carbonyl (C=O) groups excluding carboxylic acids is 1. The molecule has 9 heavy (non-hydrogen) atoms. The van der Waals surface area contributed by atoms with Gasteiger partial charge in [0.1, 0.15) is 6.29 Å². The normalized spacial score (nSPS) is 6.11. The van der Waals surface area contributed by atoms with Gasteiger partial charge in [-0.1, -0.05) is 13.8 Å². The van der Waals surface area contributed by atoms with Crippen molar-refractivity contribution in [1.29, 1.82) is 0 Å². The second kappa shape index (κ2) is 15.7. The van der Waals surface area contributed by atoms with E-state index in [1.165, 1.54) is 0 Å². The smallest absolute Gasteiger partial charge is 0.120 e. The Balaban J connectivity index is -0.0000000417. The van der Waals surface area contributed by atoms with Crippen LogP contribution in [0.1, 0.15) is 20.3 Å². The molecule has 0 spiro atoms. The minimum atomic E-state index is 0. The van der Waals surface area contributed by atoms with E-state index in [-0.39, 0.29) is 25.8 Å². The Morgan fingerprint density at radius 2 is 1.67 bits per heavy atom. The van der Waals surface area contributed by atoms with E-state index in [0.29, 0.717) is 12.3 Å². The van der Waals surface area contributed by atoms with Gasteiger partial charge in [0.2, 0.25) is 0 Å². The van der Waals surface area contributed by atoms with Gasteiger partial charge in [0, 0.05) is 6.42 Å². The summed E-state index contributed by atoms with van der Waals surface area (Å²) in [5.74, 6) is 0.530. The molecule has 0 aliphatic carbocycles. The summed E-state index contributed by atoms with van der Waals surface area (Å²) in [6, 6.07) is 0. The van der Waals surface area contributed by atoms with Crippen molar-refractivity contribution in [2.45, 2.75) is 20.3 Å². The van der Waals surface area contributed by atoms with E-state index in [1.54, 1.807) is 0 Å². The van der Waals surface area contributed by atoms with Crippen LogP contribution in [0.3, 0.4) is 0 Å². The van der Waals surface area contributed by atoms with E-state index in [2.05, 4.69) is 0 Å². The Labute approximate surface area is 63.8 Å². The van der Waals surface area contributed by atoms with E-state index < -0.39 is 0 Å². The molecule has 0 bridgehead atoms. The molecular formula is C5H18N2OS. The Morgan fingerprint density at radius 1 is 1.33 bits per heavy atom. The monoisotopic (exact) mass is 154 g/mol. The first-order valence-corrected chi connectivity index (χ1v) is 2.21. The molecule has 0 saturated carbocycles. The summed E-state index contributed by atoms with van der Waals surface area (Å²) < 4.78 is 0. The summed E-state index contributed by atoms with van der Waals surface area (Å²) in [4.78, 5) is 9.62. The van der Waals surface area contributed by atoms with Crippen molar-refractivity contribution in [3.8, 4) is 0 Å². The highest BCUT2D eigenvalue weighted by Gasteiger charge is 1.85. The van der Waals surface area contributed by atoms with Crippen molar-refractivity contribution in [3.63, 3.8) is 0 Å². The van der Waals surface area contributed by atoms with Crippen molar-refractivity contribution >= 4 is 19.8 Å². The van der Waals surface area contributed by atoms with Crippen LogP contribution in [0.4, 0.5) is 0 Å². The summed E-state index contributed by atoms with van der Waals surface area (Å²) in [7, 11) is 0. The Kier molecular flexibility index (Phi) is 40.2. The van der Waals surface area contributed by atoms with Crippen molar-refractivity contribution < 1.29 is 4.79 Å². The van der Waals surface area contributed by atoms with Gasteiger partial charge in [-0.2, -0.15) is 0 Å². The number of carbonyl (C=O) groups is 1. The zero-order chi connectivity index (χ0) is 4.99. The average Bonchev–Trinajstić information content (AvgIpc) is 1.35. The molecule has 8 N–H and O–H groups in total. The number of hydrogen-bond acceptors (Lipinski definition) is 1. The third-order valence-electron chi connectivity index (χ3n) is 0.568. The molecule has 0 aromatic carbocycles. The van der Waals surface area contributed by atoms with Gasteiger partial charge < -0.3 is 30.6 Å².